The largest absolute Gasteiger partial charge is 0.354 e. The molecule has 0 N–H and O–H groups in total. The van der Waals surface area contributed by atoms with Crippen molar-refractivity contribution in [2.24, 2.45) is 0 Å². The Morgan fingerprint density at radius 3 is 3.00 bits per heavy atom. The number of thiophene rings is 1. The first-order valence-electron chi connectivity index (χ1n) is 4.47. The van der Waals surface area contributed by atoms with E-state index in [1.165, 1.54) is 11.2 Å². The van der Waals surface area contributed by atoms with Crippen LogP contribution in [0.5, 0.6) is 0 Å². The predicted octanol–water partition coefficient (Wildman–Crippen LogP) is 2.83. The van der Waals surface area contributed by atoms with Crippen LogP contribution in [0.25, 0.3) is 0 Å². The van der Waals surface area contributed by atoms with Gasteiger partial charge < -0.3 is 4.90 Å². The molecule has 0 aromatic carbocycles. The highest BCUT2D eigenvalue weighted by Crippen LogP contribution is 2.17. The first-order valence-corrected chi connectivity index (χ1v) is 5.72. The molecule has 5 heteroatoms. The second kappa shape index (κ2) is 4.59. The van der Waals surface area contributed by atoms with Crippen molar-refractivity contribution in [1.82, 2.24) is 9.97 Å². The molecule has 3 nitrogen and oxygen atoms in total. The molecule has 15 heavy (non-hydrogen) atoms. The van der Waals surface area contributed by atoms with Gasteiger partial charge in [-0.25, -0.2) is 9.97 Å². The molecule has 0 bridgehead atoms. The Balaban J connectivity index is 2.11. The van der Waals surface area contributed by atoms with Crippen LogP contribution in [0, 0.1) is 0 Å². The van der Waals surface area contributed by atoms with Crippen molar-refractivity contribution in [2.45, 2.75) is 6.54 Å². The molecule has 0 amide bonds. The van der Waals surface area contributed by atoms with Crippen LogP contribution in [0.2, 0.25) is 5.15 Å². The van der Waals surface area contributed by atoms with Crippen molar-refractivity contribution in [3.05, 3.63) is 39.9 Å². The molecule has 0 saturated carbocycles. The second-order valence-corrected chi connectivity index (χ2v) is 4.55. The van der Waals surface area contributed by atoms with Crippen LogP contribution in [0.1, 0.15) is 4.88 Å². The molecular weight excluding hydrogens is 230 g/mol. The first-order chi connectivity index (χ1) is 7.25. The van der Waals surface area contributed by atoms with Crippen LogP contribution in [-0.2, 0) is 6.54 Å². The van der Waals surface area contributed by atoms with E-state index in [4.69, 9.17) is 11.6 Å². The van der Waals surface area contributed by atoms with Gasteiger partial charge in [0.2, 0.25) is 0 Å². The third kappa shape index (κ3) is 2.67. The fraction of sp³-hybridized carbons (Fsp3) is 0.200. The summed E-state index contributed by atoms with van der Waals surface area (Å²) in [6, 6.07) is 5.90. The Hall–Kier alpha value is -1.13. The summed E-state index contributed by atoms with van der Waals surface area (Å²) in [5.74, 6) is 0.836. The average Bonchev–Trinajstić information content (AvgIpc) is 2.70. The van der Waals surface area contributed by atoms with Crippen molar-refractivity contribution in [2.75, 3.05) is 11.9 Å². The van der Waals surface area contributed by atoms with Gasteiger partial charge in [0, 0.05) is 18.0 Å². The Kier molecular flexibility index (Phi) is 3.18. The van der Waals surface area contributed by atoms with Gasteiger partial charge in [-0.1, -0.05) is 17.7 Å². The summed E-state index contributed by atoms with van der Waals surface area (Å²) in [7, 11) is 1.98. The second-order valence-electron chi connectivity index (χ2n) is 3.13. The summed E-state index contributed by atoms with van der Waals surface area (Å²) in [6.07, 6.45) is 1.47. The van der Waals surface area contributed by atoms with E-state index in [1.54, 1.807) is 17.4 Å². The van der Waals surface area contributed by atoms with E-state index in [-0.39, 0.29) is 0 Å². The topological polar surface area (TPSA) is 29.0 Å². The van der Waals surface area contributed by atoms with E-state index in [0.29, 0.717) is 5.15 Å². The minimum Gasteiger partial charge on any atom is -0.354 e. The van der Waals surface area contributed by atoms with Crippen LogP contribution in [0.4, 0.5) is 5.82 Å². The zero-order valence-electron chi connectivity index (χ0n) is 8.22. The van der Waals surface area contributed by atoms with Crippen molar-refractivity contribution in [1.29, 1.82) is 0 Å². The summed E-state index contributed by atoms with van der Waals surface area (Å²) >= 11 is 7.53. The molecule has 0 aliphatic rings. The van der Waals surface area contributed by atoms with Crippen molar-refractivity contribution < 1.29 is 0 Å². The molecular formula is C10H10ClN3S. The van der Waals surface area contributed by atoms with Crippen LogP contribution >= 0.6 is 22.9 Å². The Bertz CT molecular complexity index is 430. The Morgan fingerprint density at radius 2 is 2.33 bits per heavy atom. The molecule has 78 valence electrons. The quantitative estimate of drug-likeness (QED) is 0.772. The molecule has 0 aliphatic heterocycles. The summed E-state index contributed by atoms with van der Waals surface area (Å²) in [5, 5.41) is 2.54. The van der Waals surface area contributed by atoms with Crippen LogP contribution in [0.15, 0.2) is 29.9 Å². The average molecular weight is 240 g/mol. The van der Waals surface area contributed by atoms with E-state index >= 15 is 0 Å². The lowest BCUT2D eigenvalue weighted by Crippen LogP contribution is -2.16. The van der Waals surface area contributed by atoms with Crippen molar-refractivity contribution in [3.63, 3.8) is 0 Å². The molecule has 0 unspecified atom stereocenters. The van der Waals surface area contributed by atoms with Crippen molar-refractivity contribution >= 4 is 28.8 Å². The normalized spacial score (nSPS) is 10.3. The molecule has 2 heterocycles. The summed E-state index contributed by atoms with van der Waals surface area (Å²) in [4.78, 5) is 11.3. The Morgan fingerprint density at radius 1 is 1.47 bits per heavy atom. The van der Waals surface area contributed by atoms with Gasteiger partial charge in [-0.05, 0) is 11.4 Å². The molecule has 0 fully saturated rings. The number of nitrogens with zero attached hydrogens (tertiary/aromatic N) is 3. The molecule has 0 saturated heterocycles. The summed E-state index contributed by atoms with van der Waals surface area (Å²) in [5.41, 5.74) is 0. The van der Waals surface area contributed by atoms with Crippen molar-refractivity contribution in [3.8, 4) is 0 Å². The van der Waals surface area contributed by atoms with Crippen LogP contribution in [0.3, 0.4) is 0 Å². The van der Waals surface area contributed by atoms with E-state index < -0.39 is 0 Å². The highest BCUT2D eigenvalue weighted by Gasteiger charge is 2.04. The number of halogens is 1. The van der Waals surface area contributed by atoms with Crippen LogP contribution < -0.4 is 4.90 Å². The smallest absolute Gasteiger partial charge is 0.134 e. The molecule has 2 rings (SSSR count). The molecule has 0 aliphatic carbocycles. The lowest BCUT2D eigenvalue weighted by Gasteiger charge is -2.16. The number of rotatable bonds is 3. The standard InChI is InChI=1S/C10H10ClN3S/c1-14(6-8-3-2-4-15-8)10-5-9(11)12-7-13-10/h2-5,7H,6H2,1H3. The highest BCUT2D eigenvalue weighted by molar-refractivity contribution is 7.09. The van der Waals surface area contributed by atoms with E-state index in [0.717, 1.165) is 12.4 Å². The number of hydrogen-bond acceptors (Lipinski definition) is 4. The van der Waals surface area contributed by atoms with Gasteiger partial charge in [0.15, 0.2) is 0 Å². The molecule has 0 atom stereocenters. The lowest BCUT2D eigenvalue weighted by molar-refractivity contribution is 0.904. The van der Waals surface area contributed by atoms with Gasteiger partial charge >= 0.3 is 0 Å². The zero-order valence-corrected chi connectivity index (χ0v) is 9.79. The SMILES string of the molecule is CN(Cc1cccs1)c1cc(Cl)ncn1. The lowest BCUT2D eigenvalue weighted by atomic mass is 10.4. The van der Waals surface area contributed by atoms with Gasteiger partial charge in [0.25, 0.3) is 0 Å². The Labute approximate surface area is 97.4 Å². The fourth-order valence-corrected chi connectivity index (χ4v) is 2.15. The fourth-order valence-electron chi connectivity index (χ4n) is 1.25. The monoisotopic (exact) mass is 239 g/mol. The van der Waals surface area contributed by atoms with Gasteiger partial charge in [0.1, 0.15) is 17.3 Å². The molecule has 2 aromatic heterocycles. The van der Waals surface area contributed by atoms with Gasteiger partial charge in [-0.2, -0.15) is 0 Å². The van der Waals surface area contributed by atoms with E-state index in [2.05, 4.69) is 21.4 Å². The molecule has 2 aromatic rings. The predicted molar refractivity (Wildman–Crippen MR) is 63.5 cm³/mol. The third-order valence-corrected chi connectivity index (χ3v) is 3.05. The minimum absolute atomic E-state index is 0.470. The highest BCUT2D eigenvalue weighted by atomic mass is 35.5. The first kappa shape index (κ1) is 10.4. The number of aromatic nitrogens is 2. The third-order valence-electron chi connectivity index (χ3n) is 1.98. The van der Waals surface area contributed by atoms with E-state index in [9.17, 15) is 0 Å². The minimum atomic E-state index is 0.470. The van der Waals surface area contributed by atoms with E-state index in [1.807, 2.05) is 18.0 Å². The maximum absolute atomic E-state index is 5.80. The van der Waals surface area contributed by atoms with Gasteiger partial charge in [0.05, 0.1) is 6.54 Å². The van der Waals surface area contributed by atoms with Gasteiger partial charge in [-0.3, -0.25) is 0 Å². The maximum atomic E-state index is 5.80. The van der Waals surface area contributed by atoms with Gasteiger partial charge in [-0.15, -0.1) is 11.3 Å². The summed E-state index contributed by atoms with van der Waals surface area (Å²) in [6.45, 7) is 0.838. The molecule has 0 spiro atoms. The summed E-state index contributed by atoms with van der Waals surface area (Å²) < 4.78 is 0. The zero-order chi connectivity index (χ0) is 10.7. The van der Waals surface area contributed by atoms with Crippen LogP contribution in [-0.4, -0.2) is 17.0 Å². The number of hydrogen-bond donors (Lipinski definition) is 0. The maximum Gasteiger partial charge on any atom is 0.134 e. The molecule has 0 radical (unpaired) electrons. The number of anilines is 1.